The number of carboxylic acids is 1. The molecule has 3 N–H and O–H groups in total. The lowest BCUT2D eigenvalue weighted by Gasteiger charge is -2.14. The normalized spacial score (nSPS) is 12.2. The van der Waals surface area contributed by atoms with Crippen LogP contribution in [-0.2, 0) is 6.54 Å². The molecule has 0 spiro atoms. The number of carbonyl (C=O) groups is 1. The summed E-state index contributed by atoms with van der Waals surface area (Å²) in [6.45, 7) is 4.80. The summed E-state index contributed by atoms with van der Waals surface area (Å²) in [7, 11) is 0. The highest BCUT2D eigenvalue weighted by Crippen LogP contribution is 2.18. The third kappa shape index (κ3) is 5.37. The van der Waals surface area contributed by atoms with Crippen molar-refractivity contribution >= 4 is 5.97 Å². The largest absolute Gasteiger partial charge is 0.491 e. The number of ether oxygens (including phenoxy) is 1. The highest BCUT2D eigenvalue weighted by atomic mass is 16.5. The second-order valence-corrected chi connectivity index (χ2v) is 5.89. The van der Waals surface area contributed by atoms with Crippen LogP contribution in [0.25, 0.3) is 0 Å². The minimum atomic E-state index is -0.944. The Bertz CT molecular complexity index is 667. The maximum absolute atomic E-state index is 10.9. The molecule has 0 aliphatic heterocycles. The van der Waals surface area contributed by atoms with Crippen LogP contribution in [0.1, 0.15) is 41.4 Å². The first kappa shape index (κ1) is 18.0. The number of rotatable bonds is 8. The summed E-state index contributed by atoms with van der Waals surface area (Å²) in [4.78, 5) is 10.9. The summed E-state index contributed by atoms with van der Waals surface area (Å²) in [5.41, 5.74) is 1.93. The van der Waals surface area contributed by atoms with Crippen LogP contribution in [0.2, 0.25) is 0 Å². The van der Waals surface area contributed by atoms with Gasteiger partial charge in [0.2, 0.25) is 0 Å². The minimum Gasteiger partial charge on any atom is -0.491 e. The molecule has 0 saturated carbocycles. The van der Waals surface area contributed by atoms with Gasteiger partial charge in [-0.15, -0.1) is 0 Å². The standard InChI is InChI=1S/C19H23NO4/c1-13(2)24-17-8-6-15(7-9-17)18(21)12-20-11-14-4-3-5-16(10-14)19(22)23/h3-10,13,18,20-21H,11-12H2,1-2H3,(H,22,23). The van der Waals surface area contributed by atoms with E-state index >= 15 is 0 Å². The van der Waals surface area contributed by atoms with Gasteiger partial charge < -0.3 is 20.3 Å². The van der Waals surface area contributed by atoms with Gasteiger partial charge in [0.25, 0.3) is 0 Å². The summed E-state index contributed by atoms with van der Waals surface area (Å²) >= 11 is 0. The van der Waals surface area contributed by atoms with E-state index in [0.29, 0.717) is 13.1 Å². The predicted octanol–water partition coefficient (Wildman–Crippen LogP) is 3.00. The second kappa shape index (κ2) is 8.47. The lowest BCUT2D eigenvalue weighted by molar-refractivity contribution is 0.0696. The highest BCUT2D eigenvalue weighted by molar-refractivity contribution is 5.87. The zero-order valence-electron chi connectivity index (χ0n) is 13.9. The molecule has 2 aromatic carbocycles. The first-order chi connectivity index (χ1) is 11.5. The summed E-state index contributed by atoms with van der Waals surface area (Å²) in [6.07, 6.45) is -0.523. The molecule has 2 rings (SSSR count). The van der Waals surface area contributed by atoms with Gasteiger partial charge in [-0.3, -0.25) is 0 Å². The number of hydrogen-bond donors (Lipinski definition) is 3. The Morgan fingerprint density at radius 1 is 1.17 bits per heavy atom. The quantitative estimate of drug-likeness (QED) is 0.694. The van der Waals surface area contributed by atoms with E-state index in [4.69, 9.17) is 9.84 Å². The van der Waals surface area contributed by atoms with Crippen molar-refractivity contribution in [2.75, 3.05) is 6.54 Å². The summed E-state index contributed by atoms with van der Waals surface area (Å²) in [5.74, 6) is -0.167. The Morgan fingerprint density at radius 3 is 2.50 bits per heavy atom. The molecular weight excluding hydrogens is 306 g/mol. The average Bonchev–Trinajstić information content (AvgIpc) is 2.55. The monoisotopic (exact) mass is 329 g/mol. The molecule has 0 fully saturated rings. The topological polar surface area (TPSA) is 78.8 Å². The van der Waals surface area contributed by atoms with E-state index in [9.17, 15) is 9.90 Å². The Hall–Kier alpha value is -2.37. The lowest BCUT2D eigenvalue weighted by atomic mass is 10.1. The Labute approximate surface area is 141 Å². The fourth-order valence-electron chi connectivity index (χ4n) is 2.33. The molecule has 0 saturated heterocycles. The lowest BCUT2D eigenvalue weighted by Crippen LogP contribution is -2.21. The van der Waals surface area contributed by atoms with Crippen molar-refractivity contribution in [1.29, 1.82) is 0 Å². The van der Waals surface area contributed by atoms with Crippen molar-refractivity contribution in [2.24, 2.45) is 0 Å². The van der Waals surface area contributed by atoms with Crippen molar-refractivity contribution in [3.63, 3.8) is 0 Å². The molecule has 0 heterocycles. The fraction of sp³-hybridized carbons (Fsp3) is 0.316. The number of aromatic carboxylic acids is 1. The van der Waals surface area contributed by atoms with Crippen molar-refractivity contribution < 1.29 is 19.7 Å². The number of carboxylic acid groups (broad SMARTS) is 1. The van der Waals surface area contributed by atoms with Gasteiger partial charge in [0, 0.05) is 13.1 Å². The molecule has 0 radical (unpaired) electrons. The van der Waals surface area contributed by atoms with E-state index in [0.717, 1.165) is 16.9 Å². The number of nitrogens with one attached hydrogen (secondary N) is 1. The predicted molar refractivity (Wildman–Crippen MR) is 92.3 cm³/mol. The fourth-order valence-corrected chi connectivity index (χ4v) is 2.33. The number of benzene rings is 2. The third-order valence-electron chi connectivity index (χ3n) is 3.48. The molecule has 1 unspecified atom stereocenters. The number of aliphatic hydroxyl groups excluding tert-OH is 1. The van der Waals surface area contributed by atoms with Gasteiger partial charge in [-0.1, -0.05) is 24.3 Å². The molecule has 5 nitrogen and oxygen atoms in total. The van der Waals surface area contributed by atoms with Crippen LogP contribution in [0.3, 0.4) is 0 Å². The molecule has 128 valence electrons. The van der Waals surface area contributed by atoms with E-state index in [-0.39, 0.29) is 11.7 Å². The molecule has 0 bridgehead atoms. The van der Waals surface area contributed by atoms with Crippen LogP contribution < -0.4 is 10.1 Å². The van der Waals surface area contributed by atoms with Crippen molar-refractivity contribution in [1.82, 2.24) is 5.32 Å². The van der Waals surface area contributed by atoms with E-state index in [1.807, 2.05) is 44.2 Å². The second-order valence-electron chi connectivity index (χ2n) is 5.89. The minimum absolute atomic E-state index is 0.115. The molecule has 1 atom stereocenters. The van der Waals surface area contributed by atoms with Crippen LogP contribution in [0.4, 0.5) is 0 Å². The van der Waals surface area contributed by atoms with E-state index in [1.54, 1.807) is 18.2 Å². The molecule has 0 aliphatic carbocycles. The highest BCUT2D eigenvalue weighted by Gasteiger charge is 2.08. The van der Waals surface area contributed by atoms with Crippen molar-refractivity contribution in [2.45, 2.75) is 32.6 Å². The van der Waals surface area contributed by atoms with Gasteiger partial charge in [-0.2, -0.15) is 0 Å². The Morgan fingerprint density at radius 2 is 1.88 bits per heavy atom. The van der Waals surface area contributed by atoms with Crippen LogP contribution in [-0.4, -0.2) is 28.8 Å². The van der Waals surface area contributed by atoms with Crippen molar-refractivity contribution in [3.8, 4) is 5.75 Å². The first-order valence-corrected chi connectivity index (χ1v) is 7.93. The van der Waals surface area contributed by atoms with Crippen LogP contribution >= 0.6 is 0 Å². The maximum atomic E-state index is 10.9. The average molecular weight is 329 g/mol. The van der Waals surface area contributed by atoms with Crippen LogP contribution in [0.15, 0.2) is 48.5 Å². The third-order valence-corrected chi connectivity index (χ3v) is 3.48. The molecule has 5 heteroatoms. The SMILES string of the molecule is CC(C)Oc1ccc(C(O)CNCc2cccc(C(=O)O)c2)cc1. The van der Waals surface area contributed by atoms with Gasteiger partial charge in [0.05, 0.1) is 17.8 Å². The van der Waals surface area contributed by atoms with Gasteiger partial charge in [0.1, 0.15) is 5.75 Å². The number of hydrogen-bond acceptors (Lipinski definition) is 4. The molecule has 0 amide bonds. The van der Waals surface area contributed by atoms with Gasteiger partial charge in [0.15, 0.2) is 0 Å². The Balaban J connectivity index is 1.85. The molecular formula is C19H23NO4. The number of aliphatic hydroxyl groups is 1. The zero-order valence-corrected chi connectivity index (χ0v) is 13.9. The van der Waals surface area contributed by atoms with E-state index < -0.39 is 12.1 Å². The summed E-state index contributed by atoms with van der Waals surface area (Å²) in [5, 5.41) is 22.3. The molecule has 0 aliphatic rings. The van der Waals surface area contributed by atoms with Crippen LogP contribution in [0.5, 0.6) is 5.75 Å². The zero-order chi connectivity index (χ0) is 17.5. The van der Waals surface area contributed by atoms with Crippen molar-refractivity contribution in [3.05, 3.63) is 65.2 Å². The summed E-state index contributed by atoms with van der Waals surface area (Å²) in [6, 6.07) is 14.1. The van der Waals surface area contributed by atoms with Crippen LogP contribution in [0, 0.1) is 0 Å². The van der Waals surface area contributed by atoms with Gasteiger partial charge in [-0.05, 0) is 49.2 Å². The van der Waals surface area contributed by atoms with E-state index in [1.165, 1.54) is 0 Å². The first-order valence-electron chi connectivity index (χ1n) is 7.93. The van der Waals surface area contributed by atoms with Gasteiger partial charge in [-0.25, -0.2) is 4.79 Å². The smallest absolute Gasteiger partial charge is 0.335 e. The maximum Gasteiger partial charge on any atom is 0.335 e. The molecule has 2 aromatic rings. The Kier molecular flexibility index (Phi) is 6.35. The molecule has 0 aromatic heterocycles. The molecule has 24 heavy (non-hydrogen) atoms. The van der Waals surface area contributed by atoms with E-state index in [2.05, 4.69) is 5.32 Å². The summed E-state index contributed by atoms with van der Waals surface area (Å²) < 4.78 is 5.57. The van der Waals surface area contributed by atoms with Gasteiger partial charge >= 0.3 is 5.97 Å².